The van der Waals surface area contributed by atoms with Gasteiger partial charge in [0, 0.05) is 41.9 Å². The molecule has 4 aromatic rings. The number of rotatable bonds is 14. The number of primary amides is 1. The van der Waals surface area contributed by atoms with Crippen LogP contribution in [0.2, 0.25) is 0 Å². The minimum Gasteiger partial charge on any atom is -0.406 e. The summed E-state index contributed by atoms with van der Waals surface area (Å²) in [5.41, 5.74) is 9.17. The van der Waals surface area contributed by atoms with E-state index in [9.17, 15) is 23.2 Å². The lowest BCUT2D eigenvalue weighted by atomic mass is 10.0. The molecule has 2 aromatic heterocycles. The van der Waals surface area contributed by atoms with Gasteiger partial charge in [-0.2, -0.15) is 15.5 Å². The van der Waals surface area contributed by atoms with Gasteiger partial charge in [-0.25, -0.2) is 0 Å². The molecule has 0 radical (unpaired) electrons. The minimum absolute atomic E-state index is 0.0609. The van der Waals surface area contributed by atoms with Gasteiger partial charge in [0.15, 0.2) is 0 Å². The quantitative estimate of drug-likeness (QED) is 0.146. The molecule has 0 bridgehead atoms. The number of H-pyrrole nitrogens is 2. The molecule has 0 saturated heterocycles. The number of carbonyl (C=O) groups excluding carboxylic acids is 1. The average molecular weight is 557 g/mol. The second-order valence-corrected chi connectivity index (χ2v) is 8.83. The van der Waals surface area contributed by atoms with E-state index < -0.39 is 18.0 Å². The zero-order valence-corrected chi connectivity index (χ0v) is 21.3. The summed E-state index contributed by atoms with van der Waals surface area (Å²) in [6, 6.07) is 9.55. The standard InChI is InChI=1S/C26H27F3N8O3/c27-26(28,29)40-19-8-16(7-18(9-19)25(31)38)13-32-3-1-2-5-39-6-4-33-22-10-17(11-23-21(22)15-35-36-23)20-14-34-37-24(20)12-30/h7-11,14-15,32-33H,1-6,13H2,(H2,31,38)(H,34,37)(H,35,36). The number of amides is 1. The van der Waals surface area contributed by atoms with Gasteiger partial charge in [0.2, 0.25) is 5.91 Å². The van der Waals surface area contributed by atoms with Crippen LogP contribution in [0.5, 0.6) is 5.75 Å². The molecule has 11 nitrogen and oxygen atoms in total. The van der Waals surface area contributed by atoms with E-state index in [2.05, 4.69) is 41.8 Å². The van der Waals surface area contributed by atoms with Gasteiger partial charge in [-0.05, 0) is 60.8 Å². The molecule has 0 fully saturated rings. The Morgan fingerprint density at radius 1 is 1.05 bits per heavy atom. The summed E-state index contributed by atoms with van der Waals surface area (Å²) in [6.07, 6.45) is 0.0162. The summed E-state index contributed by atoms with van der Waals surface area (Å²) in [5.74, 6) is -1.33. The smallest absolute Gasteiger partial charge is 0.406 e. The first-order valence-electron chi connectivity index (χ1n) is 12.4. The fraction of sp³-hybridized carbons (Fsp3) is 0.308. The molecule has 2 heterocycles. The van der Waals surface area contributed by atoms with Crippen molar-refractivity contribution in [2.45, 2.75) is 25.7 Å². The fourth-order valence-electron chi connectivity index (χ4n) is 4.09. The molecule has 210 valence electrons. The van der Waals surface area contributed by atoms with Crippen LogP contribution in [0.3, 0.4) is 0 Å². The summed E-state index contributed by atoms with van der Waals surface area (Å²) in [4.78, 5) is 11.4. The fourth-order valence-corrected chi connectivity index (χ4v) is 4.09. The van der Waals surface area contributed by atoms with Crippen LogP contribution in [0.25, 0.3) is 22.0 Å². The number of alkyl halides is 3. The highest BCUT2D eigenvalue weighted by Crippen LogP contribution is 2.31. The van der Waals surface area contributed by atoms with Crippen LogP contribution in [0.4, 0.5) is 18.9 Å². The normalized spacial score (nSPS) is 11.4. The van der Waals surface area contributed by atoms with Gasteiger partial charge >= 0.3 is 6.36 Å². The first-order chi connectivity index (χ1) is 19.2. The maximum Gasteiger partial charge on any atom is 0.573 e. The summed E-state index contributed by atoms with van der Waals surface area (Å²) >= 11 is 0. The lowest BCUT2D eigenvalue weighted by molar-refractivity contribution is -0.274. The van der Waals surface area contributed by atoms with E-state index >= 15 is 0 Å². The van der Waals surface area contributed by atoms with Crippen molar-refractivity contribution in [3.05, 3.63) is 59.5 Å². The van der Waals surface area contributed by atoms with Crippen molar-refractivity contribution in [2.75, 3.05) is 31.6 Å². The van der Waals surface area contributed by atoms with E-state index in [1.165, 1.54) is 12.1 Å². The van der Waals surface area contributed by atoms with Crippen molar-refractivity contribution in [1.29, 1.82) is 5.26 Å². The number of unbranched alkanes of at least 4 members (excludes halogenated alkanes) is 1. The zero-order chi connectivity index (χ0) is 28.5. The van der Waals surface area contributed by atoms with Crippen molar-refractivity contribution in [2.24, 2.45) is 5.73 Å². The topological polar surface area (TPSA) is 167 Å². The molecule has 1 amide bonds. The number of halogens is 3. The molecule has 0 spiro atoms. The zero-order valence-electron chi connectivity index (χ0n) is 21.3. The second-order valence-electron chi connectivity index (χ2n) is 8.83. The Balaban J connectivity index is 1.17. The first-order valence-corrected chi connectivity index (χ1v) is 12.4. The van der Waals surface area contributed by atoms with Crippen molar-refractivity contribution in [3.8, 4) is 22.9 Å². The Morgan fingerprint density at radius 3 is 2.65 bits per heavy atom. The largest absolute Gasteiger partial charge is 0.573 e. The number of nitrogens with two attached hydrogens (primary N) is 1. The number of nitrogens with zero attached hydrogens (tertiary/aromatic N) is 3. The molecule has 0 saturated carbocycles. The highest BCUT2D eigenvalue weighted by atomic mass is 19.4. The molecule has 2 aromatic carbocycles. The predicted molar refractivity (Wildman–Crippen MR) is 140 cm³/mol. The van der Waals surface area contributed by atoms with E-state index in [-0.39, 0.29) is 12.1 Å². The maximum absolute atomic E-state index is 12.6. The number of carbonyl (C=O) groups is 1. The number of nitrogens with one attached hydrogen (secondary N) is 4. The summed E-state index contributed by atoms with van der Waals surface area (Å²) in [6.45, 7) is 2.40. The first kappa shape index (κ1) is 28.4. The number of aromatic amines is 2. The Kier molecular flexibility index (Phi) is 9.20. The predicted octanol–water partition coefficient (Wildman–Crippen LogP) is 3.82. The number of fused-ring (bicyclic) bond motifs is 1. The number of benzene rings is 2. The van der Waals surface area contributed by atoms with Crippen LogP contribution in [0.1, 0.15) is 34.5 Å². The maximum atomic E-state index is 12.6. The number of hydrogen-bond acceptors (Lipinski definition) is 8. The van der Waals surface area contributed by atoms with E-state index in [0.29, 0.717) is 43.1 Å². The van der Waals surface area contributed by atoms with Gasteiger partial charge in [0.25, 0.3) is 0 Å². The van der Waals surface area contributed by atoms with Crippen molar-refractivity contribution < 1.29 is 27.4 Å². The molecule has 6 N–H and O–H groups in total. The Labute approximate surface area is 226 Å². The van der Waals surface area contributed by atoms with Gasteiger partial charge < -0.3 is 25.8 Å². The molecule has 0 aliphatic heterocycles. The van der Waals surface area contributed by atoms with Crippen LogP contribution >= 0.6 is 0 Å². The van der Waals surface area contributed by atoms with Gasteiger partial charge in [-0.3, -0.25) is 15.0 Å². The Bertz CT molecular complexity index is 1490. The summed E-state index contributed by atoms with van der Waals surface area (Å²) in [7, 11) is 0. The highest BCUT2D eigenvalue weighted by molar-refractivity contribution is 5.95. The molecule has 40 heavy (non-hydrogen) atoms. The molecule has 4 rings (SSSR count). The van der Waals surface area contributed by atoms with Crippen molar-refractivity contribution in [1.82, 2.24) is 25.7 Å². The summed E-state index contributed by atoms with van der Waals surface area (Å²) in [5, 5.41) is 30.4. The van der Waals surface area contributed by atoms with Gasteiger partial charge in [-0.15, -0.1) is 13.2 Å². The third-order valence-electron chi connectivity index (χ3n) is 5.89. The van der Waals surface area contributed by atoms with Crippen LogP contribution in [0.15, 0.2) is 42.7 Å². The highest BCUT2D eigenvalue weighted by Gasteiger charge is 2.31. The van der Waals surface area contributed by atoms with E-state index in [0.717, 1.165) is 41.1 Å². The molecule has 0 aliphatic rings. The number of aromatic nitrogens is 4. The van der Waals surface area contributed by atoms with Gasteiger partial charge in [0.05, 0.1) is 24.5 Å². The van der Waals surface area contributed by atoms with Crippen LogP contribution in [-0.2, 0) is 11.3 Å². The molecule has 0 atom stereocenters. The molecular weight excluding hydrogens is 529 g/mol. The van der Waals surface area contributed by atoms with Crippen LogP contribution < -0.4 is 21.1 Å². The molecule has 0 unspecified atom stereocenters. The minimum atomic E-state index is -4.87. The van der Waals surface area contributed by atoms with Crippen molar-refractivity contribution >= 4 is 22.5 Å². The SMILES string of the molecule is N#Cc1[nH]ncc1-c1cc(NCCOCCCCNCc2cc(OC(F)(F)F)cc(C(N)=O)c2)c2cn[nH]c2c1. The Hall–Kier alpha value is -4.61. The molecular formula is C26H27F3N8O3. The average Bonchev–Trinajstić information content (AvgIpc) is 3.58. The Morgan fingerprint density at radius 2 is 1.88 bits per heavy atom. The summed E-state index contributed by atoms with van der Waals surface area (Å²) < 4.78 is 47.3. The van der Waals surface area contributed by atoms with Crippen LogP contribution in [0, 0.1) is 11.3 Å². The molecule has 14 heteroatoms. The lowest BCUT2D eigenvalue weighted by Crippen LogP contribution is -2.20. The van der Waals surface area contributed by atoms with Gasteiger partial charge in [0.1, 0.15) is 17.5 Å². The monoisotopic (exact) mass is 556 g/mol. The second kappa shape index (κ2) is 13.0. The third-order valence-corrected chi connectivity index (χ3v) is 5.89. The third kappa shape index (κ3) is 7.71. The number of anilines is 1. The number of hydrogen-bond donors (Lipinski definition) is 5. The van der Waals surface area contributed by atoms with E-state index in [4.69, 9.17) is 10.5 Å². The lowest BCUT2D eigenvalue weighted by Gasteiger charge is -2.12. The van der Waals surface area contributed by atoms with E-state index in [1.807, 2.05) is 12.1 Å². The van der Waals surface area contributed by atoms with Crippen LogP contribution in [-0.4, -0.2) is 59.0 Å². The number of nitriles is 1. The van der Waals surface area contributed by atoms with E-state index in [1.54, 1.807) is 12.4 Å². The molecule has 0 aliphatic carbocycles. The van der Waals surface area contributed by atoms with Crippen molar-refractivity contribution in [3.63, 3.8) is 0 Å². The number of ether oxygens (including phenoxy) is 2. The van der Waals surface area contributed by atoms with Gasteiger partial charge in [-0.1, -0.05) is 0 Å².